The number of amides is 1. The van der Waals surface area contributed by atoms with Crippen molar-refractivity contribution in [1.82, 2.24) is 14.5 Å². The van der Waals surface area contributed by atoms with E-state index < -0.39 is 0 Å². The number of carbonyl (C=O) groups excluding carboxylic acids is 1. The van der Waals surface area contributed by atoms with Gasteiger partial charge in [-0.15, -0.1) is 0 Å². The van der Waals surface area contributed by atoms with Gasteiger partial charge in [0, 0.05) is 30.7 Å². The minimum atomic E-state index is -0.0160. The first-order valence-corrected chi connectivity index (χ1v) is 8.18. The van der Waals surface area contributed by atoms with E-state index in [2.05, 4.69) is 37.6 Å². The molecule has 0 spiro atoms. The molecular weight excluding hydrogens is 354 g/mol. The fourth-order valence-corrected chi connectivity index (χ4v) is 3.18. The van der Waals surface area contributed by atoms with E-state index in [1.807, 2.05) is 37.3 Å². The second kappa shape index (κ2) is 6.16. The van der Waals surface area contributed by atoms with E-state index in [1.54, 1.807) is 19.0 Å². The molecule has 1 heterocycles. The van der Waals surface area contributed by atoms with Gasteiger partial charge < -0.3 is 9.47 Å². The van der Waals surface area contributed by atoms with Crippen LogP contribution in [0.1, 0.15) is 21.7 Å². The summed E-state index contributed by atoms with van der Waals surface area (Å²) in [5.41, 5.74) is 3.71. The lowest BCUT2D eigenvalue weighted by Gasteiger charge is -2.12. The quantitative estimate of drug-likeness (QED) is 0.700. The number of fused-ring (bicyclic) bond motifs is 1. The van der Waals surface area contributed by atoms with Crippen molar-refractivity contribution >= 4 is 32.9 Å². The number of aromatic nitrogens is 2. The van der Waals surface area contributed by atoms with Crippen molar-refractivity contribution in [2.24, 2.45) is 0 Å². The summed E-state index contributed by atoms with van der Waals surface area (Å²) in [6.45, 7) is 2.72. The Kier molecular flexibility index (Phi) is 4.22. The van der Waals surface area contributed by atoms with Crippen LogP contribution in [-0.2, 0) is 6.54 Å². The summed E-state index contributed by atoms with van der Waals surface area (Å²) >= 11 is 3.55. The van der Waals surface area contributed by atoms with Crippen molar-refractivity contribution < 1.29 is 4.79 Å². The third-order valence-corrected chi connectivity index (χ3v) is 4.44. The van der Waals surface area contributed by atoms with Crippen LogP contribution in [-0.4, -0.2) is 34.5 Å². The summed E-state index contributed by atoms with van der Waals surface area (Å²) in [7, 11) is 3.51. The molecular formula is C18H18BrN3O. The van der Waals surface area contributed by atoms with Gasteiger partial charge in [-0.05, 0) is 40.5 Å². The van der Waals surface area contributed by atoms with E-state index in [0.29, 0.717) is 5.56 Å². The van der Waals surface area contributed by atoms with E-state index in [1.165, 1.54) is 5.56 Å². The lowest BCUT2D eigenvalue weighted by atomic mass is 10.1. The van der Waals surface area contributed by atoms with Crippen molar-refractivity contribution in [2.75, 3.05) is 14.1 Å². The average Bonchev–Trinajstić information content (AvgIpc) is 2.84. The molecule has 1 aromatic heterocycles. The van der Waals surface area contributed by atoms with Gasteiger partial charge in [-0.2, -0.15) is 0 Å². The summed E-state index contributed by atoms with van der Waals surface area (Å²) in [5, 5.41) is 0. The van der Waals surface area contributed by atoms with Gasteiger partial charge in [-0.1, -0.05) is 30.3 Å². The minimum absolute atomic E-state index is 0.0160. The van der Waals surface area contributed by atoms with Crippen LogP contribution < -0.4 is 0 Å². The van der Waals surface area contributed by atoms with Gasteiger partial charge in [-0.25, -0.2) is 4.98 Å². The number of hydrogen-bond acceptors (Lipinski definition) is 2. The molecule has 0 radical (unpaired) electrons. The van der Waals surface area contributed by atoms with Gasteiger partial charge in [0.05, 0.1) is 5.52 Å². The third kappa shape index (κ3) is 3.01. The van der Waals surface area contributed by atoms with Crippen molar-refractivity contribution in [3.05, 3.63) is 63.9 Å². The highest BCUT2D eigenvalue weighted by atomic mass is 79.9. The molecule has 23 heavy (non-hydrogen) atoms. The van der Waals surface area contributed by atoms with E-state index in [9.17, 15) is 4.79 Å². The van der Waals surface area contributed by atoms with Gasteiger partial charge in [-0.3, -0.25) is 4.79 Å². The van der Waals surface area contributed by atoms with Crippen LogP contribution in [0.3, 0.4) is 0 Å². The summed E-state index contributed by atoms with van der Waals surface area (Å²) in [5.74, 6) is 0.914. The molecule has 0 atom stereocenters. The Labute approximate surface area is 143 Å². The maximum absolute atomic E-state index is 12.3. The second-order valence-electron chi connectivity index (χ2n) is 5.76. The highest BCUT2D eigenvalue weighted by molar-refractivity contribution is 9.10. The molecule has 0 aliphatic rings. The van der Waals surface area contributed by atoms with Crippen molar-refractivity contribution in [3.8, 4) is 0 Å². The highest BCUT2D eigenvalue weighted by Crippen LogP contribution is 2.27. The summed E-state index contributed by atoms with van der Waals surface area (Å²) < 4.78 is 2.98. The average molecular weight is 372 g/mol. The van der Waals surface area contributed by atoms with Crippen LogP contribution in [0.15, 0.2) is 46.9 Å². The summed E-state index contributed by atoms with van der Waals surface area (Å²) in [6, 6.07) is 14.0. The first-order chi connectivity index (χ1) is 11.0. The standard InChI is InChI=1S/C18H18BrN3O/c1-12-20-17-15(19)9-14(18(23)21(2)3)10-16(17)22(12)11-13-7-5-4-6-8-13/h4-10H,11H2,1-3H3. The van der Waals surface area contributed by atoms with Crippen LogP contribution in [0.5, 0.6) is 0 Å². The second-order valence-corrected chi connectivity index (χ2v) is 6.61. The summed E-state index contributed by atoms with van der Waals surface area (Å²) in [4.78, 5) is 18.5. The van der Waals surface area contributed by atoms with Crippen molar-refractivity contribution in [2.45, 2.75) is 13.5 Å². The van der Waals surface area contributed by atoms with Gasteiger partial charge in [0.2, 0.25) is 0 Å². The van der Waals surface area contributed by atoms with E-state index in [0.717, 1.165) is 27.9 Å². The maximum Gasteiger partial charge on any atom is 0.253 e. The number of benzene rings is 2. The minimum Gasteiger partial charge on any atom is -0.345 e. The molecule has 0 aliphatic heterocycles. The van der Waals surface area contributed by atoms with Gasteiger partial charge in [0.25, 0.3) is 5.91 Å². The normalized spacial score (nSPS) is 11.0. The Morgan fingerprint density at radius 2 is 1.91 bits per heavy atom. The Bertz CT molecular complexity index is 869. The Balaban J connectivity index is 2.14. The first-order valence-electron chi connectivity index (χ1n) is 7.39. The van der Waals surface area contributed by atoms with E-state index in [4.69, 9.17) is 0 Å². The van der Waals surface area contributed by atoms with Gasteiger partial charge >= 0.3 is 0 Å². The lowest BCUT2D eigenvalue weighted by Crippen LogP contribution is -2.21. The Hall–Kier alpha value is -2.14. The molecule has 0 unspecified atom stereocenters. The number of rotatable bonds is 3. The SMILES string of the molecule is Cc1nc2c(Br)cc(C(=O)N(C)C)cc2n1Cc1ccccc1. The zero-order chi connectivity index (χ0) is 16.6. The number of hydrogen-bond donors (Lipinski definition) is 0. The molecule has 118 valence electrons. The number of halogens is 1. The Morgan fingerprint density at radius 1 is 1.22 bits per heavy atom. The number of carbonyl (C=O) groups is 1. The van der Waals surface area contributed by atoms with Crippen molar-refractivity contribution in [3.63, 3.8) is 0 Å². The largest absolute Gasteiger partial charge is 0.345 e. The fourth-order valence-electron chi connectivity index (χ4n) is 2.64. The monoisotopic (exact) mass is 371 g/mol. The van der Waals surface area contributed by atoms with Crippen LogP contribution >= 0.6 is 15.9 Å². The summed E-state index contributed by atoms with van der Waals surface area (Å²) in [6.07, 6.45) is 0. The lowest BCUT2D eigenvalue weighted by molar-refractivity contribution is 0.0827. The number of aryl methyl sites for hydroxylation is 1. The number of imidazole rings is 1. The molecule has 0 fully saturated rings. The zero-order valence-corrected chi connectivity index (χ0v) is 15.0. The molecule has 4 nitrogen and oxygen atoms in total. The molecule has 0 saturated carbocycles. The molecule has 0 N–H and O–H groups in total. The van der Waals surface area contributed by atoms with Crippen LogP contribution in [0.4, 0.5) is 0 Å². The highest BCUT2D eigenvalue weighted by Gasteiger charge is 2.16. The molecule has 5 heteroatoms. The topological polar surface area (TPSA) is 38.1 Å². The number of nitrogens with zero attached hydrogens (tertiary/aromatic N) is 3. The molecule has 0 aliphatic carbocycles. The van der Waals surface area contributed by atoms with E-state index in [-0.39, 0.29) is 5.91 Å². The van der Waals surface area contributed by atoms with E-state index >= 15 is 0 Å². The smallest absolute Gasteiger partial charge is 0.253 e. The molecule has 3 rings (SSSR count). The van der Waals surface area contributed by atoms with Crippen LogP contribution in [0, 0.1) is 6.92 Å². The van der Waals surface area contributed by atoms with Crippen LogP contribution in [0.25, 0.3) is 11.0 Å². The molecule has 0 bridgehead atoms. The predicted molar refractivity (Wildman–Crippen MR) is 95.7 cm³/mol. The maximum atomic E-state index is 12.3. The first kappa shape index (κ1) is 15.7. The fraction of sp³-hybridized carbons (Fsp3) is 0.222. The third-order valence-electron chi connectivity index (χ3n) is 3.83. The molecule has 2 aromatic carbocycles. The molecule has 0 saturated heterocycles. The zero-order valence-electron chi connectivity index (χ0n) is 13.4. The van der Waals surface area contributed by atoms with Crippen molar-refractivity contribution in [1.29, 1.82) is 0 Å². The Morgan fingerprint density at radius 3 is 2.57 bits per heavy atom. The molecule has 3 aromatic rings. The molecule has 1 amide bonds. The van der Waals surface area contributed by atoms with Gasteiger partial charge in [0.15, 0.2) is 0 Å². The van der Waals surface area contributed by atoms with Gasteiger partial charge in [0.1, 0.15) is 11.3 Å². The van der Waals surface area contributed by atoms with Crippen LogP contribution in [0.2, 0.25) is 0 Å². The predicted octanol–water partition coefficient (Wildman–Crippen LogP) is 3.86.